The van der Waals surface area contributed by atoms with E-state index < -0.39 is 0 Å². The topological polar surface area (TPSA) is 49.4 Å². The number of hydrogen-bond donors (Lipinski definition) is 1. The van der Waals surface area contributed by atoms with Crippen molar-refractivity contribution in [3.63, 3.8) is 0 Å². The Bertz CT molecular complexity index is 378. The van der Waals surface area contributed by atoms with E-state index in [1.54, 1.807) is 0 Å². The number of carbonyl (C=O) groups is 2. The maximum absolute atomic E-state index is 12.6. The molecule has 2 atom stereocenters. The lowest BCUT2D eigenvalue weighted by molar-refractivity contribution is -0.136. The van der Waals surface area contributed by atoms with Crippen LogP contribution in [0.1, 0.15) is 81.1 Å². The van der Waals surface area contributed by atoms with E-state index in [1.807, 2.05) is 4.90 Å². The van der Waals surface area contributed by atoms with Crippen molar-refractivity contribution >= 4 is 11.8 Å². The molecule has 0 radical (unpaired) electrons. The van der Waals surface area contributed by atoms with Gasteiger partial charge in [0.2, 0.25) is 11.8 Å². The van der Waals surface area contributed by atoms with E-state index in [9.17, 15) is 9.59 Å². The molecule has 0 saturated heterocycles. The molecule has 0 aliphatic rings. The quantitative estimate of drug-likeness (QED) is 0.611. The van der Waals surface area contributed by atoms with Gasteiger partial charge in [-0.25, -0.2) is 0 Å². The number of rotatable bonds is 11. The number of nitrogens with one attached hydrogen (secondary N) is 1. The van der Waals surface area contributed by atoms with E-state index in [2.05, 4.69) is 60.7 Å². The molecule has 0 aromatic heterocycles. The van der Waals surface area contributed by atoms with Gasteiger partial charge in [0.05, 0.1) is 0 Å². The van der Waals surface area contributed by atoms with Crippen LogP contribution < -0.4 is 5.32 Å². The van der Waals surface area contributed by atoms with Gasteiger partial charge in [0.25, 0.3) is 0 Å². The molecule has 4 heteroatoms. The Kier molecular flexibility index (Phi) is 11.0. The average molecular weight is 341 g/mol. The number of amides is 2. The Hall–Kier alpha value is -1.06. The van der Waals surface area contributed by atoms with Gasteiger partial charge in [0, 0.05) is 31.5 Å². The highest BCUT2D eigenvalue weighted by molar-refractivity contribution is 5.77. The molecule has 4 nitrogen and oxygen atoms in total. The largest absolute Gasteiger partial charge is 0.356 e. The normalized spacial score (nSPS) is 14.1. The first-order chi connectivity index (χ1) is 11.1. The molecular formula is C20H40N2O2. The fraction of sp³-hybridized carbons (Fsp3) is 0.900. The Morgan fingerprint density at radius 2 is 1.58 bits per heavy atom. The second-order valence-electron chi connectivity index (χ2n) is 8.10. The molecule has 0 aliphatic heterocycles. The Balaban J connectivity index is 4.62. The molecule has 1 N–H and O–H groups in total. The molecule has 0 rings (SSSR count). The Labute approximate surface area is 149 Å². The second-order valence-corrected chi connectivity index (χ2v) is 8.10. The third-order valence-electron chi connectivity index (χ3n) is 4.74. The van der Waals surface area contributed by atoms with Gasteiger partial charge in [-0.3, -0.25) is 9.59 Å². The summed E-state index contributed by atoms with van der Waals surface area (Å²) in [5.41, 5.74) is 0. The summed E-state index contributed by atoms with van der Waals surface area (Å²) in [7, 11) is 0. The Morgan fingerprint density at radius 3 is 2.00 bits per heavy atom. The van der Waals surface area contributed by atoms with Crippen LogP contribution in [-0.4, -0.2) is 35.3 Å². The van der Waals surface area contributed by atoms with E-state index in [-0.39, 0.29) is 29.8 Å². The monoisotopic (exact) mass is 340 g/mol. The zero-order valence-corrected chi connectivity index (χ0v) is 17.2. The van der Waals surface area contributed by atoms with E-state index >= 15 is 0 Å². The van der Waals surface area contributed by atoms with Gasteiger partial charge in [-0.1, -0.05) is 34.6 Å². The summed E-state index contributed by atoms with van der Waals surface area (Å²) in [5, 5.41) is 2.99. The summed E-state index contributed by atoms with van der Waals surface area (Å²) in [6.07, 6.45) is 2.80. The summed E-state index contributed by atoms with van der Waals surface area (Å²) in [6, 6.07) is 0.489. The summed E-state index contributed by atoms with van der Waals surface area (Å²) in [4.78, 5) is 26.7. The summed E-state index contributed by atoms with van der Waals surface area (Å²) >= 11 is 0. The lowest BCUT2D eigenvalue weighted by Gasteiger charge is -2.33. The minimum absolute atomic E-state index is 0.109. The molecule has 0 aromatic carbocycles. The summed E-state index contributed by atoms with van der Waals surface area (Å²) in [5.74, 6) is 1.44. The minimum atomic E-state index is 0.109. The van der Waals surface area contributed by atoms with Crippen molar-refractivity contribution in [2.24, 2.45) is 17.8 Å². The summed E-state index contributed by atoms with van der Waals surface area (Å²) in [6.45, 7) is 17.5. The maximum Gasteiger partial charge on any atom is 0.223 e. The van der Waals surface area contributed by atoms with Gasteiger partial charge in [0.15, 0.2) is 0 Å². The fourth-order valence-corrected chi connectivity index (χ4v) is 2.98. The van der Waals surface area contributed by atoms with Crippen LogP contribution in [0.2, 0.25) is 0 Å². The molecule has 0 aliphatic carbocycles. The molecule has 24 heavy (non-hydrogen) atoms. The van der Waals surface area contributed by atoms with Gasteiger partial charge < -0.3 is 10.2 Å². The van der Waals surface area contributed by atoms with Crippen molar-refractivity contribution in [2.75, 3.05) is 6.54 Å². The van der Waals surface area contributed by atoms with Crippen LogP contribution in [0.15, 0.2) is 0 Å². The number of carbonyl (C=O) groups excluding carboxylic acids is 2. The first kappa shape index (κ1) is 22.9. The van der Waals surface area contributed by atoms with Crippen molar-refractivity contribution < 1.29 is 9.59 Å². The van der Waals surface area contributed by atoms with Crippen molar-refractivity contribution in [3.8, 4) is 0 Å². The fourth-order valence-electron chi connectivity index (χ4n) is 2.98. The number of hydrogen-bond acceptors (Lipinski definition) is 2. The van der Waals surface area contributed by atoms with E-state index in [0.29, 0.717) is 24.7 Å². The molecule has 0 heterocycles. The lowest BCUT2D eigenvalue weighted by atomic mass is 9.87. The van der Waals surface area contributed by atoms with E-state index in [0.717, 1.165) is 19.4 Å². The molecule has 0 aromatic rings. The molecule has 142 valence electrons. The second kappa shape index (κ2) is 11.5. The van der Waals surface area contributed by atoms with Crippen molar-refractivity contribution in [1.82, 2.24) is 10.2 Å². The minimum Gasteiger partial charge on any atom is -0.356 e. The van der Waals surface area contributed by atoms with E-state index in [1.165, 1.54) is 0 Å². The molecule has 2 unspecified atom stereocenters. The van der Waals surface area contributed by atoms with Gasteiger partial charge in [-0.15, -0.1) is 0 Å². The van der Waals surface area contributed by atoms with Crippen LogP contribution in [-0.2, 0) is 9.59 Å². The molecule has 0 saturated carbocycles. The van der Waals surface area contributed by atoms with Crippen LogP contribution in [0.3, 0.4) is 0 Å². The third-order valence-corrected chi connectivity index (χ3v) is 4.74. The molecule has 2 amide bonds. The highest BCUT2D eigenvalue weighted by Gasteiger charge is 2.24. The highest BCUT2D eigenvalue weighted by Crippen LogP contribution is 2.23. The Morgan fingerprint density at radius 1 is 1.00 bits per heavy atom. The van der Waals surface area contributed by atoms with Gasteiger partial charge in [0.1, 0.15) is 0 Å². The number of nitrogens with zero attached hydrogens (tertiary/aromatic N) is 1. The lowest BCUT2D eigenvalue weighted by Crippen LogP contribution is -2.43. The van der Waals surface area contributed by atoms with Crippen molar-refractivity contribution in [3.05, 3.63) is 0 Å². The molecule has 0 bridgehead atoms. The predicted molar refractivity (Wildman–Crippen MR) is 102 cm³/mol. The SMILES string of the molecule is CCC(C)N(C(=O)CCC(CC(=O)NCC(C)C)C(C)C)C(C)C. The van der Waals surface area contributed by atoms with Crippen molar-refractivity contribution in [2.45, 2.75) is 93.2 Å². The van der Waals surface area contributed by atoms with E-state index in [4.69, 9.17) is 0 Å². The van der Waals surface area contributed by atoms with Gasteiger partial charge in [-0.2, -0.15) is 0 Å². The molecule has 0 spiro atoms. The van der Waals surface area contributed by atoms with Crippen LogP contribution in [0.5, 0.6) is 0 Å². The zero-order valence-electron chi connectivity index (χ0n) is 17.2. The predicted octanol–water partition coefficient (Wildman–Crippen LogP) is 4.24. The highest BCUT2D eigenvalue weighted by atomic mass is 16.2. The van der Waals surface area contributed by atoms with Crippen LogP contribution in [0.4, 0.5) is 0 Å². The smallest absolute Gasteiger partial charge is 0.223 e. The molecule has 0 fully saturated rings. The zero-order chi connectivity index (χ0) is 18.9. The van der Waals surface area contributed by atoms with Crippen LogP contribution in [0, 0.1) is 17.8 Å². The average Bonchev–Trinajstić information content (AvgIpc) is 2.48. The van der Waals surface area contributed by atoms with Crippen molar-refractivity contribution in [1.29, 1.82) is 0 Å². The van der Waals surface area contributed by atoms with Crippen LogP contribution in [0.25, 0.3) is 0 Å². The third kappa shape index (κ3) is 8.70. The maximum atomic E-state index is 12.6. The van der Waals surface area contributed by atoms with Gasteiger partial charge >= 0.3 is 0 Å². The van der Waals surface area contributed by atoms with Crippen LogP contribution >= 0.6 is 0 Å². The first-order valence-electron chi connectivity index (χ1n) is 9.67. The standard InChI is InChI=1S/C20H40N2O2/c1-9-17(8)22(16(6)7)20(24)11-10-18(15(4)5)12-19(23)21-13-14(2)3/h14-18H,9-13H2,1-8H3,(H,21,23). The van der Waals surface area contributed by atoms with Gasteiger partial charge in [-0.05, 0) is 51.4 Å². The first-order valence-corrected chi connectivity index (χ1v) is 9.67. The summed E-state index contributed by atoms with van der Waals surface area (Å²) < 4.78 is 0. The molecular weight excluding hydrogens is 300 g/mol.